The van der Waals surface area contributed by atoms with Crippen molar-refractivity contribution in [1.29, 1.82) is 0 Å². The molecule has 0 saturated carbocycles. The van der Waals surface area contributed by atoms with Crippen LogP contribution < -0.4 is 5.32 Å². The number of aromatic carboxylic acids is 1. The van der Waals surface area contributed by atoms with Crippen LogP contribution in [0.25, 0.3) is 0 Å². The van der Waals surface area contributed by atoms with Gasteiger partial charge in [0.25, 0.3) is 0 Å². The van der Waals surface area contributed by atoms with Gasteiger partial charge in [0.05, 0.1) is 29.4 Å². The molecule has 0 spiro atoms. The number of likely N-dealkylation sites (tertiary alicyclic amines) is 1. The smallest absolute Gasteiger partial charge is 0.347 e. The summed E-state index contributed by atoms with van der Waals surface area (Å²) in [6.45, 7) is 4.59. The normalized spacial score (nSPS) is 18.0. The molecule has 1 aliphatic heterocycles. The summed E-state index contributed by atoms with van der Waals surface area (Å²) in [6, 6.07) is 3.82. The molecular weight excluding hydrogens is 354 g/mol. The van der Waals surface area contributed by atoms with Crippen LogP contribution in [0.2, 0.25) is 0 Å². The van der Waals surface area contributed by atoms with Crippen molar-refractivity contribution >= 4 is 23.2 Å². The van der Waals surface area contributed by atoms with E-state index in [1.807, 2.05) is 12.1 Å². The standard InChI is InChI=1S/C18H23N3O4S/c1-12-16(18(23)24)26-15(20-12)6-7-19-17(22)13-4-2-8-21(10-13)11-14-5-3-9-25-14/h3,5,9,13H,2,4,6-8,10-11H2,1H3,(H,19,22)(H,23,24)/t13-/m0/s1. The Labute approximate surface area is 156 Å². The number of hydrogen-bond acceptors (Lipinski definition) is 6. The lowest BCUT2D eigenvalue weighted by Gasteiger charge is -2.31. The SMILES string of the molecule is Cc1nc(CCNC(=O)[C@H]2CCCN(Cc3ccco3)C2)sc1C(=O)O. The lowest BCUT2D eigenvalue weighted by Crippen LogP contribution is -2.43. The van der Waals surface area contributed by atoms with Crippen LogP contribution in [0.1, 0.15) is 39.0 Å². The molecular formula is C18H23N3O4S. The van der Waals surface area contributed by atoms with Gasteiger partial charge < -0.3 is 14.8 Å². The topological polar surface area (TPSA) is 95.7 Å². The van der Waals surface area contributed by atoms with E-state index in [0.29, 0.717) is 18.7 Å². The highest BCUT2D eigenvalue weighted by Crippen LogP contribution is 2.20. The molecule has 0 unspecified atom stereocenters. The molecule has 1 aliphatic rings. The van der Waals surface area contributed by atoms with E-state index in [2.05, 4.69) is 15.2 Å². The minimum atomic E-state index is -0.950. The van der Waals surface area contributed by atoms with Gasteiger partial charge in [-0.3, -0.25) is 9.69 Å². The van der Waals surface area contributed by atoms with Crippen molar-refractivity contribution in [2.24, 2.45) is 5.92 Å². The first-order valence-electron chi connectivity index (χ1n) is 8.75. The third kappa shape index (κ3) is 4.70. The molecule has 1 amide bonds. The van der Waals surface area contributed by atoms with Crippen LogP contribution in [-0.2, 0) is 17.8 Å². The van der Waals surface area contributed by atoms with Crippen LogP contribution in [-0.4, -0.2) is 46.5 Å². The van der Waals surface area contributed by atoms with Gasteiger partial charge in [-0.1, -0.05) is 0 Å². The number of carbonyl (C=O) groups excluding carboxylic acids is 1. The Kier molecular flexibility index (Phi) is 6.05. The Morgan fingerprint density at radius 2 is 2.35 bits per heavy atom. The minimum absolute atomic E-state index is 0.0219. The van der Waals surface area contributed by atoms with Crippen molar-refractivity contribution < 1.29 is 19.1 Å². The summed E-state index contributed by atoms with van der Waals surface area (Å²) in [5, 5.41) is 12.8. The van der Waals surface area contributed by atoms with E-state index < -0.39 is 5.97 Å². The number of hydrogen-bond donors (Lipinski definition) is 2. The van der Waals surface area contributed by atoms with E-state index >= 15 is 0 Å². The number of furan rings is 1. The fourth-order valence-corrected chi connectivity index (χ4v) is 4.13. The van der Waals surface area contributed by atoms with E-state index in [0.717, 1.165) is 43.2 Å². The molecule has 1 saturated heterocycles. The molecule has 0 aromatic carbocycles. The second-order valence-corrected chi connectivity index (χ2v) is 7.61. The van der Waals surface area contributed by atoms with E-state index in [1.165, 1.54) is 11.3 Å². The van der Waals surface area contributed by atoms with Gasteiger partial charge in [0.2, 0.25) is 5.91 Å². The largest absolute Gasteiger partial charge is 0.477 e. The summed E-state index contributed by atoms with van der Waals surface area (Å²) in [6.07, 6.45) is 4.10. The second-order valence-electron chi connectivity index (χ2n) is 6.52. The fraction of sp³-hybridized carbons (Fsp3) is 0.500. The van der Waals surface area contributed by atoms with Crippen molar-refractivity contribution in [2.75, 3.05) is 19.6 Å². The molecule has 1 atom stereocenters. The molecule has 2 aromatic rings. The van der Waals surface area contributed by atoms with Gasteiger partial charge in [-0.2, -0.15) is 0 Å². The zero-order chi connectivity index (χ0) is 18.5. The van der Waals surface area contributed by atoms with Crippen molar-refractivity contribution in [3.8, 4) is 0 Å². The van der Waals surface area contributed by atoms with Gasteiger partial charge in [-0.25, -0.2) is 9.78 Å². The molecule has 2 N–H and O–H groups in total. The molecule has 3 heterocycles. The number of nitrogens with one attached hydrogen (secondary N) is 1. The van der Waals surface area contributed by atoms with Gasteiger partial charge >= 0.3 is 5.97 Å². The number of carbonyl (C=O) groups is 2. The first-order valence-corrected chi connectivity index (χ1v) is 9.56. The lowest BCUT2D eigenvalue weighted by atomic mass is 9.97. The second kappa shape index (κ2) is 8.46. The zero-order valence-electron chi connectivity index (χ0n) is 14.7. The number of nitrogens with zero attached hydrogens (tertiary/aromatic N) is 2. The lowest BCUT2D eigenvalue weighted by molar-refractivity contribution is -0.126. The first kappa shape index (κ1) is 18.6. The predicted octanol–water partition coefficient (Wildman–Crippen LogP) is 2.31. The highest BCUT2D eigenvalue weighted by Gasteiger charge is 2.26. The maximum Gasteiger partial charge on any atom is 0.347 e. The molecule has 0 bridgehead atoms. The first-order chi connectivity index (χ1) is 12.5. The number of amides is 1. The van der Waals surface area contributed by atoms with Gasteiger partial charge in [0.15, 0.2) is 0 Å². The average molecular weight is 377 g/mol. The quantitative estimate of drug-likeness (QED) is 0.769. The molecule has 1 fully saturated rings. The van der Waals surface area contributed by atoms with E-state index in [1.54, 1.807) is 13.2 Å². The molecule has 26 heavy (non-hydrogen) atoms. The fourth-order valence-electron chi connectivity index (χ4n) is 3.23. The van der Waals surface area contributed by atoms with Crippen LogP contribution in [0.5, 0.6) is 0 Å². The maximum absolute atomic E-state index is 12.4. The Hall–Kier alpha value is -2.19. The molecule has 0 radical (unpaired) electrons. The van der Waals surface area contributed by atoms with Gasteiger partial charge in [0, 0.05) is 19.5 Å². The summed E-state index contributed by atoms with van der Waals surface area (Å²) < 4.78 is 5.38. The number of thiazole rings is 1. The van der Waals surface area contributed by atoms with Crippen LogP contribution in [0.4, 0.5) is 0 Å². The Morgan fingerprint density at radius 1 is 1.50 bits per heavy atom. The summed E-state index contributed by atoms with van der Waals surface area (Å²) in [4.78, 5) is 30.3. The number of carboxylic acids is 1. The van der Waals surface area contributed by atoms with E-state index in [-0.39, 0.29) is 16.7 Å². The van der Waals surface area contributed by atoms with E-state index in [9.17, 15) is 9.59 Å². The van der Waals surface area contributed by atoms with Crippen LogP contribution in [0.15, 0.2) is 22.8 Å². The van der Waals surface area contributed by atoms with Crippen molar-refractivity contribution in [3.63, 3.8) is 0 Å². The third-order valence-corrected chi connectivity index (χ3v) is 5.71. The van der Waals surface area contributed by atoms with Crippen molar-refractivity contribution in [3.05, 3.63) is 39.7 Å². The summed E-state index contributed by atoms with van der Waals surface area (Å²) in [5.74, 6) is 0.000719. The monoisotopic (exact) mass is 377 g/mol. The Bertz CT molecular complexity index is 757. The van der Waals surface area contributed by atoms with Crippen LogP contribution in [0.3, 0.4) is 0 Å². The van der Waals surface area contributed by atoms with Crippen LogP contribution >= 0.6 is 11.3 Å². The van der Waals surface area contributed by atoms with Gasteiger partial charge in [0.1, 0.15) is 10.6 Å². The minimum Gasteiger partial charge on any atom is -0.477 e. The maximum atomic E-state index is 12.4. The highest BCUT2D eigenvalue weighted by molar-refractivity contribution is 7.13. The van der Waals surface area contributed by atoms with Crippen LogP contribution in [0, 0.1) is 12.8 Å². The third-order valence-electron chi connectivity index (χ3n) is 4.51. The summed E-state index contributed by atoms with van der Waals surface area (Å²) in [5.41, 5.74) is 0.532. The summed E-state index contributed by atoms with van der Waals surface area (Å²) >= 11 is 1.18. The van der Waals surface area contributed by atoms with Gasteiger partial charge in [-0.15, -0.1) is 11.3 Å². The zero-order valence-corrected chi connectivity index (χ0v) is 15.6. The van der Waals surface area contributed by atoms with Gasteiger partial charge in [-0.05, 0) is 38.4 Å². The Balaban J connectivity index is 1.45. The molecule has 3 rings (SSSR count). The average Bonchev–Trinajstić information content (AvgIpc) is 3.24. The summed E-state index contributed by atoms with van der Waals surface area (Å²) in [7, 11) is 0. The highest BCUT2D eigenvalue weighted by atomic mass is 32.1. The molecule has 2 aromatic heterocycles. The predicted molar refractivity (Wildman–Crippen MR) is 97.2 cm³/mol. The number of piperidine rings is 1. The molecule has 0 aliphatic carbocycles. The van der Waals surface area contributed by atoms with Crippen molar-refractivity contribution in [2.45, 2.75) is 32.7 Å². The molecule has 8 heteroatoms. The van der Waals surface area contributed by atoms with E-state index in [4.69, 9.17) is 9.52 Å². The number of rotatable bonds is 7. The number of aryl methyl sites for hydroxylation is 1. The number of aromatic nitrogens is 1. The Morgan fingerprint density at radius 3 is 3.04 bits per heavy atom. The molecule has 7 nitrogen and oxygen atoms in total. The molecule has 140 valence electrons. The van der Waals surface area contributed by atoms with Crippen molar-refractivity contribution in [1.82, 2.24) is 15.2 Å². The number of carboxylic acid groups (broad SMARTS) is 1.